The molecule has 98 valence electrons. The largest absolute Gasteiger partial charge is 0.486 e. The molecule has 5 heteroatoms. The van der Waals surface area contributed by atoms with Crippen LogP contribution in [-0.4, -0.2) is 29.5 Å². The molecule has 2 aliphatic heterocycles. The summed E-state index contributed by atoms with van der Waals surface area (Å²) in [7, 11) is 0. The standard InChI is InChI=1S/C14H15N3O2/c1-2-12-13(19-8-7-18-12)9-10(1)11-3-5-15-14-4-6-16-17(11)14/h1-2,4,6,9,11,15H,3,5,7-8H2. The normalized spacial score (nSPS) is 20.5. The maximum absolute atomic E-state index is 5.65. The van der Waals surface area contributed by atoms with Gasteiger partial charge in [-0.2, -0.15) is 5.10 Å². The van der Waals surface area contributed by atoms with Crippen LogP contribution >= 0.6 is 0 Å². The molecule has 1 N–H and O–H groups in total. The van der Waals surface area contributed by atoms with E-state index in [1.54, 1.807) is 0 Å². The summed E-state index contributed by atoms with van der Waals surface area (Å²) in [4.78, 5) is 0. The lowest BCUT2D eigenvalue weighted by Gasteiger charge is -2.27. The van der Waals surface area contributed by atoms with E-state index < -0.39 is 0 Å². The molecule has 0 saturated heterocycles. The minimum Gasteiger partial charge on any atom is -0.486 e. The van der Waals surface area contributed by atoms with Gasteiger partial charge in [-0.25, -0.2) is 4.68 Å². The summed E-state index contributed by atoms with van der Waals surface area (Å²) >= 11 is 0. The molecule has 0 amide bonds. The first kappa shape index (κ1) is 10.7. The van der Waals surface area contributed by atoms with Crippen LogP contribution in [0, 0.1) is 0 Å². The van der Waals surface area contributed by atoms with Crippen LogP contribution < -0.4 is 14.8 Å². The van der Waals surface area contributed by atoms with Crippen LogP contribution in [0.1, 0.15) is 18.0 Å². The number of hydrogen-bond donors (Lipinski definition) is 1. The van der Waals surface area contributed by atoms with Gasteiger partial charge in [-0.3, -0.25) is 0 Å². The van der Waals surface area contributed by atoms with E-state index in [2.05, 4.69) is 22.5 Å². The molecule has 0 radical (unpaired) electrons. The highest BCUT2D eigenvalue weighted by atomic mass is 16.6. The van der Waals surface area contributed by atoms with Crippen molar-refractivity contribution in [1.82, 2.24) is 9.78 Å². The van der Waals surface area contributed by atoms with Gasteiger partial charge >= 0.3 is 0 Å². The summed E-state index contributed by atoms with van der Waals surface area (Å²) in [6, 6.07) is 8.45. The van der Waals surface area contributed by atoms with Crippen molar-refractivity contribution >= 4 is 5.82 Å². The molecule has 5 nitrogen and oxygen atoms in total. The Balaban J connectivity index is 1.74. The molecule has 2 aromatic rings. The summed E-state index contributed by atoms with van der Waals surface area (Å²) in [5.41, 5.74) is 1.22. The van der Waals surface area contributed by atoms with E-state index in [0.29, 0.717) is 13.2 Å². The SMILES string of the molecule is c1cc2n(n1)C(c1ccc3c(c1)OCCO3)CCN2. The molecule has 1 unspecified atom stereocenters. The van der Waals surface area contributed by atoms with E-state index in [-0.39, 0.29) is 6.04 Å². The molecule has 1 atom stereocenters. The van der Waals surface area contributed by atoms with Gasteiger partial charge in [0.2, 0.25) is 0 Å². The number of ether oxygens (including phenoxy) is 2. The molecule has 2 aliphatic rings. The fraction of sp³-hybridized carbons (Fsp3) is 0.357. The van der Waals surface area contributed by atoms with Crippen LogP contribution in [-0.2, 0) is 0 Å². The van der Waals surface area contributed by atoms with Crippen LogP contribution in [0.2, 0.25) is 0 Å². The van der Waals surface area contributed by atoms with Crippen LogP contribution in [0.5, 0.6) is 11.5 Å². The zero-order chi connectivity index (χ0) is 12.7. The van der Waals surface area contributed by atoms with Gasteiger partial charge in [-0.05, 0) is 24.1 Å². The van der Waals surface area contributed by atoms with Gasteiger partial charge in [-0.1, -0.05) is 6.07 Å². The summed E-state index contributed by atoms with van der Waals surface area (Å²) in [6.07, 6.45) is 2.85. The van der Waals surface area contributed by atoms with E-state index in [9.17, 15) is 0 Å². The highest BCUT2D eigenvalue weighted by molar-refractivity contribution is 5.46. The second-order valence-electron chi connectivity index (χ2n) is 4.80. The molecule has 4 rings (SSSR count). The Morgan fingerprint density at radius 3 is 3.00 bits per heavy atom. The average molecular weight is 257 g/mol. The molecular weight excluding hydrogens is 242 g/mol. The molecule has 19 heavy (non-hydrogen) atoms. The fourth-order valence-corrected chi connectivity index (χ4v) is 2.74. The first-order valence-electron chi connectivity index (χ1n) is 6.59. The molecular formula is C14H15N3O2. The van der Waals surface area contributed by atoms with E-state index >= 15 is 0 Å². The maximum atomic E-state index is 5.65. The van der Waals surface area contributed by atoms with Gasteiger partial charge in [0.25, 0.3) is 0 Å². The summed E-state index contributed by atoms with van der Waals surface area (Å²) in [6.45, 7) is 2.21. The summed E-state index contributed by atoms with van der Waals surface area (Å²) < 4.78 is 13.3. The Labute approximate surface area is 111 Å². The Hall–Kier alpha value is -2.17. The molecule has 0 aliphatic carbocycles. The van der Waals surface area contributed by atoms with Crippen molar-refractivity contribution in [3.63, 3.8) is 0 Å². The molecule has 0 spiro atoms. The van der Waals surface area contributed by atoms with Gasteiger partial charge < -0.3 is 14.8 Å². The highest BCUT2D eigenvalue weighted by Crippen LogP contribution is 2.36. The minimum absolute atomic E-state index is 0.266. The van der Waals surface area contributed by atoms with Crippen molar-refractivity contribution in [3.05, 3.63) is 36.0 Å². The molecule has 3 heterocycles. The Morgan fingerprint density at radius 2 is 2.05 bits per heavy atom. The lowest BCUT2D eigenvalue weighted by atomic mass is 10.0. The van der Waals surface area contributed by atoms with Gasteiger partial charge in [0.1, 0.15) is 19.0 Å². The number of fused-ring (bicyclic) bond motifs is 2. The van der Waals surface area contributed by atoms with Crippen LogP contribution in [0.3, 0.4) is 0 Å². The Bertz CT molecular complexity index is 608. The minimum atomic E-state index is 0.266. The van der Waals surface area contributed by atoms with Gasteiger partial charge in [-0.15, -0.1) is 0 Å². The molecule has 0 bridgehead atoms. The van der Waals surface area contributed by atoms with E-state index in [4.69, 9.17) is 9.47 Å². The summed E-state index contributed by atoms with van der Waals surface area (Å²) in [5.74, 6) is 2.76. The second-order valence-corrected chi connectivity index (χ2v) is 4.80. The molecule has 0 saturated carbocycles. The maximum Gasteiger partial charge on any atom is 0.161 e. The van der Waals surface area contributed by atoms with E-state index in [1.165, 1.54) is 5.56 Å². The third kappa shape index (κ3) is 1.73. The monoisotopic (exact) mass is 257 g/mol. The van der Waals surface area contributed by atoms with Crippen molar-refractivity contribution in [3.8, 4) is 11.5 Å². The Kier molecular flexibility index (Phi) is 2.36. The topological polar surface area (TPSA) is 48.3 Å². The molecule has 1 aromatic carbocycles. The average Bonchev–Trinajstić information content (AvgIpc) is 2.95. The highest BCUT2D eigenvalue weighted by Gasteiger charge is 2.23. The van der Waals surface area contributed by atoms with Crippen LogP contribution in [0.4, 0.5) is 5.82 Å². The number of rotatable bonds is 1. The number of hydrogen-bond acceptors (Lipinski definition) is 4. The van der Waals surface area contributed by atoms with Gasteiger partial charge in [0.05, 0.1) is 12.2 Å². The number of benzene rings is 1. The number of nitrogens with zero attached hydrogens (tertiary/aromatic N) is 2. The van der Waals surface area contributed by atoms with Crippen molar-refractivity contribution < 1.29 is 9.47 Å². The van der Waals surface area contributed by atoms with E-state index in [0.717, 1.165) is 30.3 Å². The number of aromatic nitrogens is 2. The number of anilines is 1. The zero-order valence-electron chi connectivity index (χ0n) is 10.5. The van der Waals surface area contributed by atoms with Gasteiger partial charge in [0, 0.05) is 12.6 Å². The third-order valence-corrected chi connectivity index (χ3v) is 3.64. The number of nitrogens with one attached hydrogen (secondary N) is 1. The van der Waals surface area contributed by atoms with Crippen molar-refractivity contribution in [2.45, 2.75) is 12.5 Å². The Morgan fingerprint density at radius 1 is 1.16 bits per heavy atom. The zero-order valence-corrected chi connectivity index (χ0v) is 10.5. The summed E-state index contributed by atoms with van der Waals surface area (Å²) in [5, 5.41) is 7.76. The van der Waals surface area contributed by atoms with Crippen molar-refractivity contribution in [2.75, 3.05) is 25.1 Å². The lowest BCUT2D eigenvalue weighted by Crippen LogP contribution is -2.24. The van der Waals surface area contributed by atoms with Crippen molar-refractivity contribution in [2.24, 2.45) is 0 Å². The lowest BCUT2D eigenvalue weighted by molar-refractivity contribution is 0.171. The van der Waals surface area contributed by atoms with Gasteiger partial charge in [0.15, 0.2) is 11.5 Å². The van der Waals surface area contributed by atoms with E-state index in [1.807, 2.05) is 23.0 Å². The smallest absolute Gasteiger partial charge is 0.161 e. The predicted molar refractivity (Wildman–Crippen MR) is 70.9 cm³/mol. The molecule has 1 aromatic heterocycles. The second kappa shape index (κ2) is 4.19. The third-order valence-electron chi connectivity index (χ3n) is 3.64. The first-order valence-corrected chi connectivity index (χ1v) is 6.59. The quantitative estimate of drug-likeness (QED) is 0.849. The van der Waals surface area contributed by atoms with Crippen molar-refractivity contribution in [1.29, 1.82) is 0 Å². The van der Waals surface area contributed by atoms with Crippen LogP contribution in [0.15, 0.2) is 30.5 Å². The fourth-order valence-electron chi connectivity index (χ4n) is 2.74. The first-order chi connectivity index (χ1) is 9.42. The predicted octanol–water partition coefficient (Wildman–Crippen LogP) is 2.06. The molecule has 0 fully saturated rings. The van der Waals surface area contributed by atoms with Crippen LogP contribution in [0.25, 0.3) is 0 Å².